The molecule has 0 spiro atoms. The number of hydrogen-bond donors (Lipinski definition) is 2. The van der Waals surface area contributed by atoms with E-state index in [4.69, 9.17) is 15.6 Å². The van der Waals surface area contributed by atoms with E-state index in [9.17, 15) is 4.79 Å². The molecule has 1 atom stereocenters. The van der Waals surface area contributed by atoms with Gasteiger partial charge in [0.25, 0.3) is 5.78 Å². The highest BCUT2D eigenvalue weighted by Crippen LogP contribution is 2.12. The number of hydrogen-bond acceptors (Lipinski definition) is 6. The van der Waals surface area contributed by atoms with E-state index >= 15 is 0 Å². The number of nitrogens with zero attached hydrogens (tertiary/aromatic N) is 4. The van der Waals surface area contributed by atoms with Crippen molar-refractivity contribution in [1.29, 1.82) is 0 Å². The van der Waals surface area contributed by atoms with Gasteiger partial charge in [-0.25, -0.2) is 4.98 Å². The summed E-state index contributed by atoms with van der Waals surface area (Å²) < 4.78 is 6.67. The van der Waals surface area contributed by atoms with Gasteiger partial charge in [0.2, 0.25) is 5.88 Å². The Balaban J connectivity index is 2.23. The largest absolute Gasteiger partial charge is 0.480 e. The molecular formula is C9H11N5O3. The summed E-state index contributed by atoms with van der Waals surface area (Å²) in [7, 11) is 0. The van der Waals surface area contributed by atoms with Crippen LogP contribution >= 0.6 is 0 Å². The fraction of sp³-hybridized carbons (Fsp3) is 0.333. The first-order valence-corrected chi connectivity index (χ1v) is 4.86. The predicted octanol–water partition coefficient (Wildman–Crippen LogP) is -0.777. The number of aryl methyl sites for hydroxylation is 1. The first-order chi connectivity index (χ1) is 8.08. The third kappa shape index (κ3) is 2.31. The number of aromatic nitrogens is 4. The van der Waals surface area contributed by atoms with E-state index in [1.165, 1.54) is 10.8 Å². The van der Waals surface area contributed by atoms with E-state index < -0.39 is 12.0 Å². The lowest BCUT2D eigenvalue weighted by atomic mass is 10.3. The summed E-state index contributed by atoms with van der Waals surface area (Å²) in [5.74, 6) is -0.365. The van der Waals surface area contributed by atoms with E-state index in [1.54, 1.807) is 13.0 Å². The smallest absolute Gasteiger partial charge is 0.324 e. The number of aliphatic carboxylic acids is 1. The van der Waals surface area contributed by atoms with Crippen LogP contribution in [-0.4, -0.2) is 43.3 Å². The van der Waals surface area contributed by atoms with Crippen LogP contribution in [0.4, 0.5) is 0 Å². The van der Waals surface area contributed by atoms with Crippen molar-refractivity contribution >= 4 is 11.7 Å². The van der Waals surface area contributed by atoms with Gasteiger partial charge in [-0.1, -0.05) is 0 Å². The van der Waals surface area contributed by atoms with Crippen LogP contribution in [0.2, 0.25) is 0 Å². The fourth-order valence-electron chi connectivity index (χ4n) is 1.25. The molecule has 8 nitrogen and oxygen atoms in total. The molecule has 90 valence electrons. The van der Waals surface area contributed by atoms with Crippen molar-refractivity contribution in [3.05, 3.63) is 18.1 Å². The van der Waals surface area contributed by atoms with E-state index in [0.29, 0.717) is 17.4 Å². The standard InChI is InChI=1S/C9H11N5O3/c1-5-2-7(17-3-6(10)8(15)16)14-9(13-5)11-4-12-14/h2,4,6H,3,10H2,1H3,(H,15,16). The Morgan fingerprint density at radius 1 is 1.71 bits per heavy atom. The summed E-state index contributed by atoms with van der Waals surface area (Å²) in [6, 6.07) is 0.554. The average Bonchev–Trinajstić information content (AvgIpc) is 2.72. The second kappa shape index (κ2) is 4.34. The van der Waals surface area contributed by atoms with Crippen molar-refractivity contribution in [2.45, 2.75) is 13.0 Å². The zero-order valence-corrected chi connectivity index (χ0v) is 9.07. The average molecular weight is 237 g/mol. The number of nitrogens with two attached hydrogens (primary N) is 1. The summed E-state index contributed by atoms with van der Waals surface area (Å²) in [5, 5.41) is 12.5. The molecule has 2 heterocycles. The highest BCUT2D eigenvalue weighted by Gasteiger charge is 2.14. The predicted molar refractivity (Wildman–Crippen MR) is 56.6 cm³/mol. The first kappa shape index (κ1) is 11.3. The van der Waals surface area contributed by atoms with Crippen LogP contribution in [0.3, 0.4) is 0 Å². The third-order valence-electron chi connectivity index (χ3n) is 2.08. The molecular weight excluding hydrogens is 226 g/mol. The van der Waals surface area contributed by atoms with E-state index in [0.717, 1.165) is 0 Å². The molecule has 0 aliphatic carbocycles. The number of carboxylic acids is 1. The maximum absolute atomic E-state index is 10.5. The molecule has 2 aromatic heterocycles. The normalized spacial score (nSPS) is 12.6. The number of carbonyl (C=O) groups is 1. The van der Waals surface area contributed by atoms with Crippen LogP contribution < -0.4 is 10.5 Å². The molecule has 0 aliphatic rings. The van der Waals surface area contributed by atoms with Crippen molar-refractivity contribution < 1.29 is 14.6 Å². The Morgan fingerprint density at radius 3 is 3.18 bits per heavy atom. The first-order valence-electron chi connectivity index (χ1n) is 4.86. The molecule has 3 N–H and O–H groups in total. The zero-order chi connectivity index (χ0) is 12.4. The molecule has 17 heavy (non-hydrogen) atoms. The highest BCUT2D eigenvalue weighted by atomic mass is 16.5. The van der Waals surface area contributed by atoms with Crippen molar-refractivity contribution in [2.75, 3.05) is 6.61 Å². The van der Waals surface area contributed by atoms with Crippen LogP contribution in [0.1, 0.15) is 5.69 Å². The molecule has 2 aromatic rings. The fourth-order valence-corrected chi connectivity index (χ4v) is 1.25. The lowest BCUT2D eigenvalue weighted by molar-refractivity contribution is -0.139. The van der Waals surface area contributed by atoms with Gasteiger partial charge in [0, 0.05) is 11.8 Å². The molecule has 0 radical (unpaired) electrons. The van der Waals surface area contributed by atoms with Crippen LogP contribution in [0.15, 0.2) is 12.4 Å². The Hall–Kier alpha value is -2.22. The van der Waals surface area contributed by atoms with Gasteiger partial charge in [0.15, 0.2) is 0 Å². The van der Waals surface area contributed by atoms with Gasteiger partial charge in [0.1, 0.15) is 19.0 Å². The molecule has 8 heteroatoms. The SMILES string of the molecule is Cc1cc(OCC(N)C(=O)O)n2ncnc2n1. The van der Waals surface area contributed by atoms with Crippen molar-refractivity contribution in [2.24, 2.45) is 5.73 Å². The number of carboxylic acid groups (broad SMARTS) is 1. The lowest BCUT2D eigenvalue weighted by Crippen LogP contribution is -2.36. The van der Waals surface area contributed by atoms with Crippen molar-refractivity contribution in [3.63, 3.8) is 0 Å². The quantitative estimate of drug-likeness (QED) is 0.716. The molecule has 0 bridgehead atoms. The van der Waals surface area contributed by atoms with Gasteiger partial charge in [-0.05, 0) is 6.92 Å². The van der Waals surface area contributed by atoms with Gasteiger partial charge >= 0.3 is 5.97 Å². The number of rotatable bonds is 4. The summed E-state index contributed by atoms with van der Waals surface area (Å²) in [6.45, 7) is 1.63. The monoisotopic (exact) mass is 237 g/mol. The van der Waals surface area contributed by atoms with Gasteiger partial charge in [-0.3, -0.25) is 4.79 Å². The Morgan fingerprint density at radius 2 is 2.47 bits per heavy atom. The Kier molecular flexibility index (Phi) is 2.88. The van der Waals surface area contributed by atoms with Crippen LogP contribution in [0.5, 0.6) is 5.88 Å². The van der Waals surface area contributed by atoms with E-state index in [2.05, 4.69) is 15.1 Å². The van der Waals surface area contributed by atoms with Crippen LogP contribution in [-0.2, 0) is 4.79 Å². The number of ether oxygens (including phenoxy) is 1. The molecule has 0 aliphatic heterocycles. The third-order valence-corrected chi connectivity index (χ3v) is 2.08. The molecule has 0 saturated carbocycles. The summed E-state index contributed by atoms with van der Waals surface area (Å²) in [4.78, 5) is 18.6. The molecule has 0 saturated heterocycles. The van der Waals surface area contributed by atoms with Crippen molar-refractivity contribution in [1.82, 2.24) is 19.6 Å². The van der Waals surface area contributed by atoms with Gasteiger partial charge < -0.3 is 15.6 Å². The second-order valence-corrected chi connectivity index (χ2v) is 3.46. The van der Waals surface area contributed by atoms with E-state index in [1.807, 2.05) is 0 Å². The molecule has 0 aromatic carbocycles. The zero-order valence-electron chi connectivity index (χ0n) is 9.07. The van der Waals surface area contributed by atoms with Crippen LogP contribution in [0, 0.1) is 6.92 Å². The van der Waals surface area contributed by atoms with Gasteiger partial charge in [0.05, 0.1) is 0 Å². The van der Waals surface area contributed by atoms with Gasteiger partial charge in [-0.15, -0.1) is 0 Å². The molecule has 1 unspecified atom stereocenters. The Bertz CT molecular complexity index is 553. The van der Waals surface area contributed by atoms with Gasteiger partial charge in [-0.2, -0.15) is 14.6 Å². The number of fused-ring (bicyclic) bond motifs is 1. The minimum atomic E-state index is -1.12. The minimum absolute atomic E-state index is 0.145. The molecule has 2 rings (SSSR count). The maximum atomic E-state index is 10.5. The molecule has 0 amide bonds. The lowest BCUT2D eigenvalue weighted by Gasteiger charge is -2.10. The second-order valence-electron chi connectivity index (χ2n) is 3.46. The summed E-state index contributed by atoms with van der Waals surface area (Å²) in [5.41, 5.74) is 6.03. The molecule has 0 fully saturated rings. The van der Waals surface area contributed by atoms with E-state index in [-0.39, 0.29) is 6.61 Å². The van der Waals surface area contributed by atoms with Crippen molar-refractivity contribution in [3.8, 4) is 5.88 Å². The summed E-state index contributed by atoms with van der Waals surface area (Å²) >= 11 is 0. The Labute approximate surface area is 96.0 Å². The topological polar surface area (TPSA) is 116 Å². The minimum Gasteiger partial charge on any atom is -0.480 e. The maximum Gasteiger partial charge on any atom is 0.324 e. The summed E-state index contributed by atoms with van der Waals surface area (Å²) in [6.07, 6.45) is 1.34. The highest BCUT2D eigenvalue weighted by molar-refractivity contribution is 5.73. The van der Waals surface area contributed by atoms with Crippen LogP contribution in [0.25, 0.3) is 5.78 Å².